The molecule has 0 fully saturated rings. The van der Waals surface area contributed by atoms with Crippen molar-refractivity contribution in [2.45, 2.75) is 40.2 Å². The fourth-order valence-corrected chi connectivity index (χ4v) is 1.42. The third-order valence-corrected chi connectivity index (χ3v) is 3.13. The van der Waals surface area contributed by atoms with Gasteiger partial charge in [0, 0.05) is 13.2 Å². The van der Waals surface area contributed by atoms with Crippen molar-refractivity contribution < 1.29 is 5.11 Å². The molecule has 0 aromatic carbocycles. The first kappa shape index (κ1) is 12.2. The van der Waals surface area contributed by atoms with Crippen LogP contribution < -0.4 is 0 Å². The van der Waals surface area contributed by atoms with Gasteiger partial charge in [-0.3, -0.25) is 4.68 Å². The molecule has 2 atom stereocenters. The molecule has 1 rings (SSSR count). The Morgan fingerprint density at radius 1 is 1.47 bits per heavy atom. The molecular formula is C12H22N2O. The van der Waals surface area contributed by atoms with Crippen molar-refractivity contribution in [2.75, 3.05) is 0 Å². The van der Waals surface area contributed by atoms with Crippen LogP contribution in [0.25, 0.3) is 0 Å². The van der Waals surface area contributed by atoms with Crippen molar-refractivity contribution in [3.8, 4) is 0 Å². The summed E-state index contributed by atoms with van der Waals surface area (Å²) in [5, 5.41) is 14.2. The molecule has 0 aliphatic heterocycles. The standard InChI is InChI=1S/C12H22N2O/c1-9(12(2,3)4)8-11(15)10-6-7-14(5)13-10/h6-7,9,11,15H,8H2,1-5H3. The van der Waals surface area contributed by atoms with Crippen molar-refractivity contribution >= 4 is 0 Å². The molecule has 3 heteroatoms. The first-order valence-electron chi connectivity index (χ1n) is 5.48. The number of rotatable bonds is 3. The molecule has 3 nitrogen and oxygen atoms in total. The SMILES string of the molecule is CC(CC(O)c1ccn(C)n1)C(C)(C)C. The van der Waals surface area contributed by atoms with Crippen LogP contribution in [0.3, 0.4) is 0 Å². The summed E-state index contributed by atoms with van der Waals surface area (Å²) in [6, 6.07) is 1.88. The van der Waals surface area contributed by atoms with E-state index >= 15 is 0 Å². The molecule has 0 bridgehead atoms. The molecule has 2 unspecified atom stereocenters. The molecule has 0 radical (unpaired) electrons. The predicted octanol–water partition coefficient (Wildman–Crippen LogP) is 2.53. The number of nitrogens with zero attached hydrogens (tertiary/aromatic N) is 2. The van der Waals surface area contributed by atoms with Gasteiger partial charge in [0.1, 0.15) is 0 Å². The van der Waals surface area contributed by atoms with Gasteiger partial charge in [0.05, 0.1) is 11.8 Å². The van der Waals surface area contributed by atoms with Crippen LogP contribution in [0.15, 0.2) is 12.3 Å². The van der Waals surface area contributed by atoms with Crippen LogP contribution in [0.1, 0.15) is 45.9 Å². The first-order chi connectivity index (χ1) is 6.80. The maximum absolute atomic E-state index is 9.99. The fraction of sp³-hybridized carbons (Fsp3) is 0.750. The second kappa shape index (κ2) is 4.35. The molecule has 1 aromatic heterocycles. The predicted molar refractivity (Wildman–Crippen MR) is 61.4 cm³/mol. The van der Waals surface area contributed by atoms with Crippen molar-refractivity contribution in [3.05, 3.63) is 18.0 Å². The Labute approximate surface area is 92.1 Å². The van der Waals surface area contributed by atoms with E-state index in [2.05, 4.69) is 32.8 Å². The Hall–Kier alpha value is -0.830. The van der Waals surface area contributed by atoms with Gasteiger partial charge in [-0.15, -0.1) is 0 Å². The Kier molecular flexibility index (Phi) is 3.55. The zero-order valence-corrected chi connectivity index (χ0v) is 10.4. The Morgan fingerprint density at radius 2 is 2.07 bits per heavy atom. The van der Waals surface area contributed by atoms with E-state index in [1.54, 1.807) is 4.68 Å². The Morgan fingerprint density at radius 3 is 2.47 bits per heavy atom. The lowest BCUT2D eigenvalue weighted by molar-refractivity contribution is 0.107. The van der Waals surface area contributed by atoms with E-state index in [9.17, 15) is 5.11 Å². The number of hydrogen-bond acceptors (Lipinski definition) is 2. The zero-order valence-electron chi connectivity index (χ0n) is 10.4. The fourth-order valence-electron chi connectivity index (χ4n) is 1.42. The summed E-state index contributed by atoms with van der Waals surface area (Å²) < 4.78 is 1.72. The monoisotopic (exact) mass is 210 g/mol. The van der Waals surface area contributed by atoms with Crippen molar-refractivity contribution in [1.29, 1.82) is 0 Å². The third kappa shape index (κ3) is 3.34. The van der Waals surface area contributed by atoms with E-state index in [0.29, 0.717) is 5.92 Å². The zero-order chi connectivity index (χ0) is 11.6. The van der Waals surface area contributed by atoms with Gasteiger partial charge in [-0.1, -0.05) is 27.7 Å². The number of aliphatic hydroxyl groups excluding tert-OH is 1. The van der Waals surface area contributed by atoms with E-state index in [1.165, 1.54) is 0 Å². The smallest absolute Gasteiger partial charge is 0.0981 e. The van der Waals surface area contributed by atoms with Crippen LogP contribution in [0.5, 0.6) is 0 Å². The summed E-state index contributed by atoms with van der Waals surface area (Å²) >= 11 is 0. The molecule has 1 aromatic rings. The van der Waals surface area contributed by atoms with Gasteiger partial charge in [-0.2, -0.15) is 5.10 Å². The summed E-state index contributed by atoms with van der Waals surface area (Å²) in [7, 11) is 1.86. The minimum atomic E-state index is -0.444. The summed E-state index contributed by atoms with van der Waals surface area (Å²) in [6.07, 6.45) is 2.18. The van der Waals surface area contributed by atoms with E-state index < -0.39 is 6.10 Å². The van der Waals surface area contributed by atoms with E-state index in [1.807, 2.05) is 19.3 Å². The molecule has 0 spiro atoms. The van der Waals surface area contributed by atoms with Gasteiger partial charge < -0.3 is 5.11 Å². The van der Waals surface area contributed by atoms with Gasteiger partial charge >= 0.3 is 0 Å². The molecule has 1 heterocycles. The van der Waals surface area contributed by atoms with E-state index in [0.717, 1.165) is 12.1 Å². The lowest BCUT2D eigenvalue weighted by atomic mass is 9.78. The second-order valence-corrected chi connectivity index (χ2v) is 5.43. The van der Waals surface area contributed by atoms with Crippen LogP contribution in [0.2, 0.25) is 0 Å². The Bertz CT molecular complexity index is 312. The highest BCUT2D eigenvalue weighted by atomic mass is 16.3. The highest BCUT2D eigenvalue weighted by Gasteiger charge is 2.24. The number of aromatic nitrogens is 2. The van der Waals surface area contributed by atoms with Gasteiger partial charge in [-0.25, -0.2) is 0 Å². The number of hydrogen-bond donors (Lipinski definition) is 1. The maximum Gasteiger partial charge on any atom is 0.0981 e. The summed E-state index contributed by atoms with van der Waals surface area (Å²) in [5.74, 6) is 0.467. The van der Waals surface area contributed by atoms with Gasteiger partial charge in [0.2, 0.25) is 0 Å². The second-order valence-electron chi connectivity index (χ2n) is 5.43. The Balaban J connectivity index is 2.60. The summed E-state index contributed by atoms with van der Waals surface area (Å²) in [6.45, 7) is 8.76. The van der Waals surface area contributed by atoms with Gasteiger partial charge in [-0.05, 0) is 23.8 Å². The molecule has 86 valence electrons. The van der Waals surface area contributed by atoms with Crippen molar-refractivity contribution in [1.82, 2.24) is 9.78 Å². The largest absolute Gasteiger partial charge is 0.387 e. The van der Waals surface area contributed by atoms with Gasteiger partial charge in [0.25, 0.3) is 0 Å². The lowest BCUT2D eigenvalue weighted by Gasteiger charge is -2.28. The molecule has 0 aliphatic carbocycles. The number of aliphatic hydroxyl groups is 1. The molecule has 0 saturated carbocycles. The lowest BCUT2D eigenvalue weighted by Crippen LogP contribution is -2.20. The third-order valence-electron chi connectivity index (χ3n) is 3.13. The topological polar surface area (TPSA) is 38.0 Å². The first-order valence-corrected chi connectivity index (χ1v) is 5.48. The van der Waals surface area contributed by atoms with Crippen LogP contribution >= 0.6 is 0 Å². The van der Waals surface area contributed by atoms with Crippen molar-refractivity contribution in [2.24, 2.45) is 18.4 Å². The molecule has 15 heavy (non-hydrogen) atoms. The highest BCUT2D eigenvalue weighted by molar-refractivity contribution is 5.03. The van der Waals surface area contributed by atoms with E-state index in [4.69, 9.17) is 0 Å². The van der Waals surface area contributed by atoms with Crippen LogP contribution in [0, 0.1) is 11.3 Å². The molecule has 0 aliphatic rings. The maximum atomic E-state index is 9.99. The molecule has 0 amide bonds. The molecule has 0 saturated heterocycles. The highest BCUT2D eigenvalue weighted by Crippen LogP contribution is 2.32. The van der Waals surface area contributed by atoms with Crippen LogP contribution in [-0.4, -0.2) is 14.9 Å². The molecular weight excluding hydrogens is 188 g/mol. The number of aryl methyl sites for hydroxylation is 1. The average Bonchev–Trinajstić information content (AvgIpc) is 2.50. The summed E-state index contributed by atoms with van der Waals surface area (Å²) in [4.78, 5) is 0. The average molecular weight is 210 g/mol. The quantitative estimate of drug-likeness (QED) is 0.832. The van der Waals surface area contributed by atoms with E-state index in [-0.39, 0.29) is 5.41 Å². The normalized spacial score (nSPS) is 16.4. The van der Waals surface area contributed by atoms with Crippen LogP contribution in [-0.2, 0) is 7.05 Å². The molecule has 1 N–H and O–H groups in total. The van der Waals surface area contributed by atoms with Gasteiger partial charge in [0.15, 0.2) is 0 Å². The summed E-state index contributed by atoms with van der Waals surface area (Å²) in [5.41, 5.74) is 1.00. The minimum Gasteiger partial charge on any atom is -0.387 e. The minimum absolute atomic E-state index is 0.232. The van der Waals surface area contributed by atoms with Crippen molar-refractivity contribution in [3.63, 3.8) is 0 Å². The van der Waals surface area contributed by atoms with Crippen LogP contribution in [0.4, 0.5) is 0 Å².